The first-order chi connectivity index (χ1) is 17.7. The van der Waals surface area contributed by atoms with Gasteiger partial charge in [0.1, 0.15) is 17.2 Å². The molecule has 2 fully saturated rings. The topological polar surface area (TPSA) is 103 Å². The Morgan fingerprint density at radius 3 is 2.44 bits per heavy atom. The average Bonchev–Trinajstić information content (AvgIpc) is 3.73. The van der Waals surface area contributed by atoms with Gasteiger partial charge in [0.05, 0.1) is 23.8 Å². The number of nitrogens with zero attached hydrogens (tertiary/aromatic N) is 3. The summed E-state index contributed by atoms with van der Waals surface area (Å²) in [7, 11) is 0. The number of imidazole rings is 1. The molecule has 0 spiro atoms. The van der Waals surface area contributed by atoms with E-state index in [2.05, 4.69) is 57.3 Å². The molecule has 2 saturated heterocycles. The van der Waals surface area contributed by atoms with E-state index in [4.69, 9.17) is 19.4 Å². The summed E-state index contributed by atoms with van der Waals surface area (Å²) in [6.45, 7) is 4.83. The molecule has 8 nitrogen and oxygen atoms in total. The first kappa shape index (κ1) is 21.8. The molecule has 184 valence electrons. The number of aryl methyl sites for hydroxylation is 1. The van der Waals surface area contributed by atoms with Crippen LogP contribution in [0.4, 0.5) is 0 Å². The minimum atomic E-state index is 0.0388. The van der Waals surface area contributed by atoms with Gasteiger partial charge in [-0.15, -0.1) is 0 Å². The lowest BCUT2D eigenvalue weighted by molar-refractivity contribution is 0.553. The number of oxazole rings is 1. The molecule has 5 heterocycles. The molecule has 3 atom stereocenters. The Labute approximate surface area is 210 Å². The van der Waals surface area contributed by atoms with Gasteiger partial charge >= 0.3 is 0 Å². The van der Waals surface area contributed by atoms with Crippen molar-refractivity contribution in [2.75, 3.05) is 19.6 Å². The van der Waals surface area contributed by atoms with Crippen LogP contribution in [0.2, 0.25) is 0 Å². The van der Waals surface area contributed by atoms with Crippen molar-refractivity contribution < 1.29 is 4.42 Å². The SMILES string of the molecule is Cc1nc2c(-c3ccc(-c4c[nH]c([C@@H]5CCCN5)n4)cc3)ccc(C3CNC([C@@H]4CCCN4)=N3)c2o1. The van der Waals surface area contributed by atoms with Crippen LogP contribution in [-0.2, 0) is 0 Å². The molecule has 1 unspecified atom stereocenters. The van der Waals surface area contributed by atoms with E-state index in [1.807, 2.05) is 13.1 Å². The van der Waals surface area contributed by atoms with Crippen molar-refractivity contribution in [3.05, 3.63) is 59.9 Å². The van der Waals surface area contributed by atoms with Crippen molar-refractivity contribution in [1.29, 1.82) is 0 Å². The smallest absolute Gasteiger partial charge is 0.192 e. The molecule has 2 aromatic heterocycles. The third-order valence-corrected chi connectivity index (χ3v) is 7.68. The maximum absolute atomic E-state index is 6.14. The Bertz CT molecular complexity index is 1420. The summed E-state index contributed by atoms with van der Waals surface area (Å²) in [5.41, 5.74) is 7.09. The van der Waals surface area contributed by atoms with Crippen LogP contribution in [0, 0.1) is 6.92 Å². The van der Waals surface area contributed by atoms with Crippen LogP contribution in [0.1, 0.15) is 55.0 Å². The summed E-state index contributed by atoms with van der Waals surface area (Å²) in [6, 6.07) is 13.6. The summed E-state index contributed by atoms with van der Waals surface area (Å²) in [4.78, 5) is 18.0. The molecule has 4 N–H and O–H groups in total. The van der Waals surface area contributed by atoms with Gasteiger partial charge in [-0.25, -0.2) is 9.97 Å². The van der Waals surface area contributed by atoms with E-state index in [0.29, 0.717) is 18.0 Å². The second-order valence-corrected chi connectivity index (χ2v) is 10.1. The minimum absolute atomic E-state index is 0.0388. The molecular formula is C28H31N7O. The van der Waals surface area contributed by atoms with Crippen LogP contribution >= 0.6 is 0 Å². The summed E-state index contributed by atoms with van der Waals surface area (Å²) in [6.07, 6.45) is 6.68. The molecule has 7 rings (SSSR count). The highest BCUT2D eigenvalue weighted by Crippen LogP contribution is 2.36. The molecule has 0 aliphatic carbocycles. The van der Waals surface area contributed by atoms with E-state index in [9.17, 15) is 0 Å². The van der Waals surface area contributed by atoms with Gasteiger partial charge in [0, 0.05) is 36.4 Å². The van der Waals surface area contributed by atoms with Crippen LogP contribution in [0.5, 0.6) is 0 Å². The van der Waals surface area contributed by atoms with E-state index >= 15 is 0 Å². The van der Waals surface area contributed by atoms with Gasteiger partial charge in [0.25, 0.3) is 0 Å². The summed E-state index contributed by atoms with van der Waals surface area (Å²) in [5, 5.41) is 10.6. The minimum Gasteiger partial charge on any atom is -0.441 e. The number of H-pyrrole nitrogens is 1. The molecule has 3 aliphatic heterocycles. The van der Waals surface area contributed by atoms with Crippen molar-refractivity contribution in [2.24, 2.45) is 4.99 Å². The number of benzene rings is 2. The van der Waals surface area contributed by atoms with Crippen molar-refractivity contribution in [3.8, 4) is 22.4 Å². The van der Waals surface area contributed by atoms with Crippen molar-refractivity contribution in [3.63, 3.8) is 0 Å². The van der Waals surface area contributed by atoms with Crippen LogP contribution in [-0.4, -0.2) is 46.5 Å². The Morgan fingerprint density at radius 1 is 0.889 bits per heavy atom. The highest BCUT2D eigenvalue weighted by Gasteiger charge is 2.29. The quantitative estimate of drug-likeness (QED) is 0.337. The van der Waals surface area contributed by atoms with E-state index in [0.717, 1.165) is 83.2 Å². The molecule has 8 heteroatoms. The summed E-state index contributed by atoms with van der Waals surface area (Å²) in [5.74, 6) is 2.78. The fraction of sp³-hybridized carbons (Fsp3) is 0.393. The number of aromatic nitrogens is 3. The van der Waals surface area contributed by atoms with Gasteiger partial charge in [-0.1, -0.05) is 36.4 Å². The lowest BCUT2D eigenvalue weighted by atomic mass is 9.98. The predicted molar refractivity (Wildman–Crippen MR) is 141 cm³/mol. The monoisotopic (exact) mass is 481 g/mol. The molecule has 36 heavy (non-hydrogen) atoms. The van der Waals surface area contributed by atoms with Crippen LogP contribution in [0.15, 0.2) is 52.0 Å². The van der Waals surface area contributed by atoms with Crippen LogP contribution in [0.25, 0.3) is 33.5 Å². The lowest BCUT2D eigenvalue weighted by Gasteiger charge is -2.10. The maximum atomic E-state index is 6.14. The van der Waals surface area contributed by atoms with E-state index < -0.39 is 0 Å². The summed E-state index contributed by atoms with van der Waals surface area (Å²) >= 11 is 0. The van der Waals surface area contributed by atoms with E-state index in [1.165, 1.54) is 12.8 Å². The van der Waals surface area contributed by atoms with Gasteiger partial charge in [-0.2, -0.15) is 0 Å². The summed E-state index contributed by atoms with van der Waals surface area (Å²) < 4.78 is 6.14. The Balaban J connectivity index is 1.18. The van der Waals surface area contributed by atoms with Crippen LogP contribution < -0.4 is 16.0 Å². The predicted octanol–water partition coefficient (Wildman–Crippen LogP) is 4.41. The van der Waals surface area contributed by atoms with Crippen molar-refractivity contribution >= 4 is 16.9 Å². The van der Waals surface area contributed by atoms with Gasteiger partial charge in [-0.05, 0) is 44.3 Å². The molecule has 3 aliphatic rings. The maximum Gasteiger partial charge on any atom is 0.192 e. The fourth-order valence-electron chi connectivity index (χ4n) is 5.80. The van der Waals surface area contributed by atoms with Gasteiger partial charge in [0.15, 0.2) is 11.5 Å². The number of fused-ring (bicyclic) bond motifs is 1. The van der Waals surface area contributed by atoms with Crippen molar-refractivity contribution in [2.45, 2.75) is 50.7 Å². The third-order valence-electron chi connectivity index (χ3n) is 7.68. The number of nitrogens with one attached hydrogen (secondary N) is 4. The Kier molecular flexibility index (Phi) is 5.36. The fourth-order valence-corrected chi connectivity index (χ4v) is 5.80. The first-order valence-electron chi connectivity index (χ1n) is 13.1. The second kappa shape index (κ2) is 8.87. The molecule has 4 aromatic rings. The third kappa shape index (κ3) is 3.81. The normalized spacial score (nSPS) is 23.9. The zero-order chi connectivity index (χ0) is 24.1. The number of amidine groups is 1. The highest BCUT2D eigenvalue weighted by molar-refractivity contribution is 5.94. The first-order valence-corrected chi connectivity index (χ1v) is 13.1. The number of aromatic amines is 1. The van der Waals surface area contributed by atoms with Crippen molar-refractivity contribution in [1.82, 2.24) is 30.9 Å². The molecule has 0 amide bonds. The van der Waals surface area contributed by atoms with Gasteiger partial charge in [0.2, 0.25) is 0 Å². The average molecular weight is 482 g/mol. The Hall–Kier alpha value is -3.49. The molecule has 2 aromatic carbocycles. The van der Waals surface area contributed by atoms with E-state index in [-0.39, 0.29) is 6.04 Å². The van der Waals surface area contributed by atoms with Crippen LogP contribution in [0.3, 0.4) is 0 Å². The number of rotatable bonds is 5. The largest absolute Gasteiger partial charge is 0.441 e. The molecule has 0 radical (unpaired) electrons. The number of hydrogen-bond acceptors (Lipinski definition) is 7. The Morgan fingerprint density at radius 2 is 1.67 bits per heavy atom. The zero-order valence-electron chi connectivity index (χ0n) is 20.5. The van der Waals surface area contributed by atoms with Gasteiger partial charge < -0.3 is 25.4 Å². The number of hydrogen-bond donors (Lipinski definition) is 4. The standard InChI is InChI=1S/C28H31N7O/c1-16-33-25-19(10-11-20(26(25)36-16)24-15-32-28(35-24)22-5-3-13-30-22)17-6-8-18(9-7-17)23-14-31-27(34-23)21-4-2-12-29-21/h6-11,14,21-22,24,29-30H,2-5,12-13,15H2,1H3,(H,31,34)(H,32,35)/t21-,22-,24?/m0/s1. The second-order valence-electron chi connectivity index (χ2n) is 10.1. The van der Waals surface area contributed by atoms with Gasteiger partial charge in [-0.3, -0.25) is 4.99 Å². The number of aliphatic imine (C=N–C) groups is 1. The highest BCUT2D eigenvalue weighted by atomic mass is 16.3. The lowest BCUT2D eigenvalue weighted by Crippen LogP contribution is -2.37. The molecular weight excluding hydrogens is 450 g/mol. The zero-order valence-corrected chi connectivity index (χ0v) is 20.5. The molecule has 0 bridgehead atoms. The molecule has 0 saturated carbocycles. The van der Waals surface area contributed by atoms with E-state index in [1.54, 1.807) is 0 Å².